The number of benzene rings is 1. The Morgan fingerprint density at radius 3 is 2.35 bits per heavy atom. The van der Waals surface area contributed by atoms with Gasteiger partial charge in [0.05, 0.1) is 0 Å². The van der Waals surface area contributed by atoms with Gasteiger partial charge < -0.3 is 15.1 Å². The minimum Gasteiger partial charge on any atom is -0.383 e. The average Bonchev–Trinajstić information content (AvgIpc) is 3.05. The summed E-state index contributed by atoms with van der Waals surface area (Å²) in [5, 5.41) is 3.64. The molecule has 1 N–H and O–H groups in total. The largest absolute Gasteiger partial charge is 0.383 e. The molecule has 0 saturated carbocycles. The topological polar surface area (TPSA) is 47.5 Å². The van der Waals surface area contributed by atoms with Crippen molar-refractivity contribution in [3.8, 4) is 0 Å². The quantitative estimate of drug-likeness (QED) is 0.692. The third kappa shape index (κ3) is 4.80. The van der Waals surface area contributed by atoms with Gasteiger partial charge in [-0.2, -0.15) is 0 Å². The number of hydrogen-bond donors (Lipinski definition) is 1. The summed E-state index contributed by atoms with van der Waals surface area (Å²) in [5.41, 5.74) is 3.93. The molecule has 0 spiro atoms. The van der Waals surface area contributed by atoms with E-state index in [1.807, 2.05) is 12.3 Å². The Morgan fingerprint density at radius 1 is 0.806 bits per heavy atom. The van der Waals surface area contributed by atoms with Crippen LogP contribution in [0.2, 0.25) is 0 Å². The summed E-state index contributed by atoms with van der Waals surface area (Å²) in [6.45, 7) is 7.92. The fourth-order valence-electron chi connectivity index (χ4n) is 4.43. The van der Waals surface area contributed by atoms with E-state index in [4.69, 9.17) is 4.98 Å². The minimum atomic E-state index is 0.954. The van der Waals surface area contributed by atoms with Crippen LogP contribution in [-0.4, -0.2) is 60.7 Å². The zero-order valence-electron chi connectivity index (χ0n) is 18.0. The van der Waals surface area contributed by atoms with Crippen LogP contribution in [-0.2, 0) is 13.0 Å². The third-order valence-electron chi connectivity index (χ3n) is 6.25. The highest BCUT2D eigenvalue weighted by Crippen LogP contribution is 2.25. The van der Waals surface area contributed by atoms with Crippen LogP contribution in [0.25, 0.3) is 0 Å². The van der Waals surface area contributed by atoms with Gasteiger partial charge in [-0.15, -0.1) is 0 Å². The van der Waals surface area contributed by atoms with E-state index in [0.29, 0.717) is 0 Å². The minimum absolute atomic E-state index is 0.954. The van der Waals surface area contributed by atoms with E-state index in [1.54, 1.807) is 0 Å². The van der Waals surface area contributed by atoms with Crippen LogP contribution in [0, 0.1) is 0 Å². The maximum atomic E-state index is 4.83. The van der Waals surface area contributed by atoms with Gasteiger partial charge in [0.25, 0.3) is 0 Å². The van der Waals surface area contributed by atoms with Gasteiger partial charge >= 0.3 is 0 Å². The Hall–Kier alpha value is -3.12. The van der Waals surface area contributed by atoms with Crippen LogP contribution >= 0.6 is 0 Å². The van der Waals surface area contributed by atoms with Gasteiger partial charge in [-0.05, 0) is 24.1 Å². The molecule has 160 valence electrons. The van der Waals surface area contributed by atoms with Crippen molar-refractivity contribution in [3.63, 3.8) is 0 Å². The van der Waals surface area contributed by atoms with Gasteiger partial charge in [0.1, 0.15) is 11.6 Å². The van der Waals surface area contributed by atoms with Crippen molar-refractivity contribution < 1.29 is 0 Å². The molecule has 2 aliphatic rings. The van der Waals surface area contributed by atoms with Gasteiger partial charge in [0, 0.05) is 82.1 Å². The SMILES string of the molecule is c1ccc(CCN2CCNc3cc(N4CCN(c5ccccn5)CC4)ncc3C2)cc1. The molecule has 0 unspecified atom stereocenters. The Kier molecular flexibility index (Phi) is 5.98. The van der Waals surface area contributed by atoms with Crippen molar-refractivity contribution >= 4 is 17.3 Å². The van der Waals surface area contributed by atoms with Crippen LogP contribution in [0.1, 0.15) is 11.1 Å². The first-order valence-electron chi connectivity index (χ1n) is 11.3. The molecule has 0 bridgehead atoms. The summed E-state index contributed by atoms with van der Waals surface area (Å²) >= 11 is 0. The Balaban J connectivity index is 1.20. The molecule has 1 saturated heterocycles. The first-order valence-corrected chi connectivity index (χ1v) is 11.3. The highest BCUT2D eigenvalue weighted by Gasteiger charge is 2.21. The second kappa shape index (κ2) is 9.35. The molecule has 0 amide bonds. The molecule has 6 heteroatoms. The molecule has 0 radical (unpaired) electrons. The number of rotatable bonds is 5. The fourth-order valence-corrected chi connectivity index (χ4v) is 4.43. The lowest BCUT2D eigenvalue weighted by atomic mass is 10.1. The van der Waals surface area contributed by atoms with Gasteiger partial charge in [-0.25, -0.2) is 9.97 Å². The summed E-state index contributed by atoms with van der Waals surface area (Å²) in [4.78, 5) is 16.6. The van der Waals surface area contributed by atoms with Crippen LogP contribution < -0.4 is 15.1 Å². The number of piperazine rings is 1. The summed E-state index contributed by atoms with van der Waals surface area (Å²) in [6, 6.07) is 19.1. The molecule has 0 aliphatic carbocycles. The molecule has 5 rings (SSSR count). The standard InChI is InChI=1S/C25H30N6/c1-2-6-21(7-3-1)9-12-29-13-11-26-23-18-25(28-19-22(23)20-29)31-16-14-30(15-17-31)24-8-4-5-10-27-24/h1-8,10,18-19,26H,9,11-17,20H2. The molecular weight excluding hydrogens is 384 g/mol. The molecule has 3 aromatic rings. The Labute approximate surface area is 184 Å². The molecule has 1 aromatic carbocycles. The van der Waals surface area contributed by atoms with Crippen molar-refractivity contribution in [2.24, 2.45) is 0 Å². The average molecular weight is 415 g/mol. The number of aromatic nitrogens is 2. The first-order chi connectivity index (χ1) is 15.3. The maximum absolute atomic E-state index is 4.83. The van der Waals surface area contributed by atoms with E-state index in [0.717, 1.165) is 70.4 Å². The molecular formula is C25H30N6. The van der Waals surface area contributed by atoms with Crippen molar-refractivity contribution in [2.75, 3.05) is 60.9 Å². The van der Waals surface area contributed by atoms with Gasteiger partial charge in [0.2, 0.25) is 0 Å². The predicted molar refractivity (Wildman–Crippen MR) is 127 cm³/mol. The van der Waals surface area contributed by atoms with E-state index in [-0.39, 0.29) is 0 Å². The summed E-state index contributed by atoms with van der Waals surface area (Å²) in [6.07, 6.45) is 5.02. The highest BCUT2D eigenvalue weighted by atomic mass is 15.3. The van der Waals surface area contributed by atoms with Crippen molar-refractivity contribution in [1.29, 1.82) is 0 Å². The number of nitrogens with zero attached hydrogens (tertiary/aromatic N) is 5. The molecule has 2 aliphatic heterocycles. The molecule has 1 fully saturated rings. The van der Waals surface area contributed by atoms with E-state index in [2.05, 4.69) is 79.7 Å². The monoisotopic (exact) mass is 414 g/mol. The lowest BCUT2D eigenvalue weighted by Crippen LogP contribution is -2.47. The Morgan fingerprint density at radius 2 is 1.58 bits per heavy atom. The number of pyridine rings is 2. The van der Waals surface area contributed by atoms with Crippen LogP contribution in [0.4, 0.5) is 17.3 Å². The second-order valence-corrected chi connectivity index (χ2v) is 8.30. The zero-order valence-corrected chi connectivity index (χ0v) is 18.0. The number of anilines is 3. The zero-order chi connectivity index (χ0) is 20.9. The van der Waals surface area contributed by atoms with E-state index >= 15 is 0 Å². The van der Waals surface area contributed by atoms with Crippen molar-refractivity contribution in [2.45, 2.75) is 13.0 Å². The lowest BCUT2D eigenvalue weighted by Gasteiger charge is -2.36. The third-order valence-corrected chi connectivity index (χ3v) is 6.25. The summed E-state index contributed by atoms with van der Waals surface area (Å²) < 4.78 is 0. The van der Waals surface area contributed by atoms with Gasteiger partial charge in [-0.3, -0.25) is 4.90 Å². The smallest absolute Gasteiger partial charge is 0.130 e. The Bertz CT molecular complexity index is 970. The van der Waals surface area contributed by atoms with Crippen LogP contribution in [0.3, 0.4) is 0 Å². The molecule has 6 nitrogen and oxygen atoms in total. The summed E-state index contributed by atoms with van der Waals surface area (Å²) in [5.74, 6) is 2.14. The number of hydrogen-bond acceptors (Lipinski definition) is 6. The van der Waals surface area contributed by atoms with Crippen molar-refractivity contribution in [1.82, 2.24) is 14.9 Å². The number of fused-ring (bicyclic) bond motifs is 1. The summed E-state index contributed by atoms with van der Waals surface area (Å²) in [7, 11) is 0. The van der Waals surface area contributed by atoms with E-state index < -0.39 is 0 Å². The maximum Gasteiger partial charge on any atom is 0.130 e. The molecule has 0 atom stereocenters. The second-order valence-electron chi connectivity index (χ2n) is 8.30. The predicted octanol–water partition coefficient (Wildman–Crippen LogP) is 3.27. The number of nitrogens with one attached hydrogen (secondary N) is 1. The van der Waals surface area contributed by atoms with Crippen molar-refractivity contribution in [3.05, 3.63) is 78.1 Å². The molecule has 4 heterocycles. The van der Waals surface area contributed by atoms with Crippen LogP contribution in [0.5, 0.6) is 0 Å². The van der Waals surface area contributed by atoms with E-state index in [9.17, 15) is 0 Å². The van der Waals surface area contributed by atoms with Crippen LogP contribution in [0.15, 0.2) is 67.0 Å². The van der Waals surface area contributed by atoms with Gasteiger partial charge in [-0.1, -0.05) is 36.4 Å². The van der Waals surface area contributed by atoms with E-state index in [1.165, 1.54) is 16.8 Å². The fraction of sp³-hybridized carbons (Fsp3) is 0.360. The molecule has 31 heavy (non-hydrogen) atoms. The highest BCUT2D eigenvalue weighted by molar-refractivity contribution is 5.59. The molecule has 2 aromatic heterocycles. The first kappa shape index (κ1) is 19.8. The lowest BCUT2D eigenvalue weighted by molar-refractivity contribution is 0.284. The normalized spacial score (nSPS) is 17.0. The van der Waals surface area contributed by atoms with Gasteiger partial charge in [0.15, 0.2) is 0 Å².